The van der Waals surface area contributed by atoms with Gasteiger partial charge in [-0.2, -0.15) is 0 Å². The largest absolute Gasteiger partial charge is 0.372 e. The Bertz CT molecular complexity index is 694. The van der Waals surface area contributed by atoms with Crippen LogP contribution in [-0.4, -0.2) is 41.7 Å². The average Bonchev–Trinajstić information content (AvgIpc) is 2.69. The zero-order valence-corrected chi connectivity index (χ0v) is 15.5. The predicted molar refractivity (Wildman–Crippen MR) is 102 cm³/mol. The number of carbonyl (C=O) groups is 1. The molecule has 1 N–H and O–H groups in total. The molecular formula is C20H24ClN3O2. The fourth-order valence-corrected chi connectivity index (χ4v) is 3.16. The monoisotopic (exact) mass is 373 g/mol. The molecule has 1 fully saturated rings. The highest BCUT2D eigenvalue weighted by Gasteiger charge is 2.23. The molecule has 0 spiro atoms. The highest BCUT2D eigenvalue weighted by Crippen LogP contribution is 2.15. The number of aromatic nitrogens is 1. The van der Waals surface area contributed by atoms with Gasteiger partial charge in [-0.05, 0) is 48.6 Å². The van der Waals surface area contributed by atoms with Crippen molar-refractivity contribution in [1.82, 2.24) is 15.2 Å². The molecule has 5 nitrogen and oxygen atoms in total. The van der Waals surface area contributed by atoms with Gasteiger partial charge in [0.05, 0.1) is 12.7 Å². The first-order chi connectivity index (χ1) is 12.7. The lowest BCUT2D eigenvalue weighted by molar-refractivity contribution is -0.000401. The van der Waals surface area contributed by atoms with Crippen LogP contribution in [0.1, 0.15) is 24.0 Å². The third kappa shape index (κ3) is 5.71. The second-order valence-electron chi connectivity index (χ2n) is 6.49. The van der Waals surface area contributed by atoms with Crippen LogP contribution in [0.4, 0.5) is 4.79 Å². The normalized spacial score (nSPS) is 17.1. The Balaban J connectivity index is 1.40. The number of nitrogens with zero attached hydrogens (tertiary/aromatic N) is 2. The summed E-state index contributed by atoms with van der Waals surface area (Å²) in [5.74, 6) is 0. The van der Waals surface area contributed by atoms with Gasteiger partial charge in [0.15, 0.2) is 0 Å². The number of carbonyl (C=O) groups excluding carboxylic acids is 1. The van der Waals surface area contributed by atoms with E-state index in [2.05, 4.69) is 10.3 Å². The first-order valence-electron chi connectivity index (χ1n) is 8.98. The second kappa shape index (κ2) is 9.55. The summed E-state index contributed by atoms with van der Waals surface area (Å²) >= 11 is 5.88. The van der Waals surface area contributed by atoms with Crippen molar-refractivity contribution in [3.63, 3.8) is 0 Å². The van der Waals surface area contributed by atoms with Gasteiger partial charge in [-0.15, -0.1) is 0 Å². The van der Waals surface area contributed by atoms with E-state index in [9.17, 15) is 4.79 Å². The minimum absolute atomic E-state index is 0.0198. The quantitative estimate of drug-likeness (QED) is 0.840. The zero-order chi connectivity index (χ0) is 18.2. The molecule has 0 saturated carbocycles. The van der Waals surface area contributed by atoms with Gasteiger partial charge in [0, 0.05) is 37.1 Å². The Morgan fingerprint density at radius 3 is 2.88 bits per heavy atom. The standard InChI is InChI=1S/C20H24ClN3O2/c21-18-7-5-16(6-8-18)9-11-23-20(25)24-12-2-4-19(14-24)26-15-17-3-1-10-22-13-17/h1,3,5-8,10,13,19H,2,4,9,11-12,14-15H2,(H,23,25)/t19-/m0/s1. The second-order valence-corrected chi connectivity index (χ2v) is 6.93. The van der Waals surface area contributed by atoms with Gasteiger partial charge in [0.25, 0.3) is 0 Å². The fourth-order valence-electron chi connectivity index (χ4n) is 3.03. The van der Waals surface area contributed by atoms with Crippen LogP contribution in [0.25, 0.3) is 0 Å². The van der Waals surface area contributed by atoms with Crippen molar-refractivity contribution in [2.75, 3.05) is 19.6 Å². The van der Waals surface area contributed by atoms with Crippen LogP contribution in [0, 0.1) is 0 Å². The molecule has 1 saturated heterocycles. The molecule has 0 unspecified atom stereocenters. The van der Waals surface area contributed by atoms with Crippen molar-refractivity contribution in [3.8, 4) is 0 Å². The summed E-state index contributed by atoms with van der Waals surface area (Å²) in [6, 6.07) is 11.6. The maximum atomic E-state index is 12.4. The number of ether oxygens (including phenoxy) is 1. The first-order valence-corrected chi connectivity index (χ1v) is 9.36. The molecule has 6 heteroatoms. The van der Waals surface area contributed by atoms with Crippen molar-refractivity contribution in [2.24, 2.45) is 0 Å². The molecule has 2 amide bonds. The highest BCUT2D eigenvalue weighted by atomic mass is 35.5. The fraction of sp³-hybridized carbons (Fsp3) is 0.400. The number of piperidine rings is 1. The highest BCUT2D eigenvalue weighted by molar-refractivity contribution is 6.30. The topological polar surface area (TPSA) is 54.5 Å². The van der Waals surface area contributed by atoms with Gasteiger partial charge < -0.3 is 15.0 Å². The Hall–Kier alpha value is -2.11. The number of pyridine rings is 1. The van der Waals surface area contributed by atoms with E-state index >= 15 is 0 Å². The van der Waals surface area contributed by atoms with Crippen LogP contribution < -0.4 is 5.32 Å². The molecule has 0 bridgehead atoms. The van der Waals surface area contributed by atoms with Crippen molar-refractivity contribution < 1.29 is 9.53 Å². The summed E-state index contributed by atoms with van der Waals surface area (Å²) in [5, 5.41) is 3.72. The summed E-state index contributed by atoms with van der Waals surface area (Å²) in [5.41, 5.74) is 2.21. The molecule has 0 aliphatic carbocycles. The van der Waals surface area contributed by atoms with E-state index in [1.165, 1.54) is 0 Å². The molecule has 1 aliphatic rings. The maximum Gasteiger partial charge on any atom is 0.317 e. The molecule has 26 heavy (non-hydrogen) atoms. The van der Waals surface area contributed by atoms with E-state index < -0.39 is 0 Å². The maximum absolute atomic E-state index is 12.4. The number of hydrogen-bond acceptors (Lipinski definition) is 3. The number of benzene rings is 1. The van der Waals surface area contributed by atoms with Crippen LogP contribution in [0.2, 0.25) is 5.02 Å². The Kier molecular flexibility index (Phi) is 6.86. The minimum Gasteiger partial charge on any atom is -0.372 e. The van der Waals surface area contributed by atoms with Crippen LogP contribution in [0.15, 0.2) is 48.8 Å². The molecule has 2 aromatic rings. The summed E-state index contributed by atoms with van der Waals surface area (Å²) in [4.78, 5) is 18.3. The number of halogens is 1. The van der Waals surface area contributed by atoms with Crippen LogP contribution >= 0.6 is 11.6 Å². The van der Waals surface area contributed by atoms with Gasteiger partial charge in [-0.25, -0.2) is 4.79 Å². The van der Waals surface area contributed by atoms with Gasteiger partial charge in [0.1, 0.15) is 0 Å². The lowest BCUT2D eigenvalue weighted by Crippen LogP contribution is -2.48. The van der Waals surface area contributed by atoms with Gasteiger partial charge in [-0.3, -0.25) is 4.98 Å². The third-order valence-corrected chi connectivity index (χ3v) is 4.73. The predicted octanol–water partition coefficient (Wildman–Crippen LogP) is 3.67. The van der Waals surface area contributed by atoms with Crippen molar-refractivity contribution in [2.45, 2.75) is 32.0 Å². The first kappa shape index (κ1) is 18.7. The molecule has 1 aromatic carbocycles. The summed E-state index contributed by atoms with van der Waals surface area (Å²) in [7, 11) is 0. The Morgan fingerprint density at radius 2 is 2.12 bits per heavy atom. The van der Waals surface area contributed by atoms with E-state index in [-0.39, 0.29) is 12.1 Å². The molecule has 1 atom stereocenters. The summed E-state index contributed by atoms with van der Waals surface area (Å²) in [6.07, 6.45) is 6.37. The average molecular weight is 374 g/mol. The minimum atomic E-state index is -0.0198. The molecule has 0 radical (unpaired) electrons. The van der Waals surface area contributed by atoms with Crippen molar-refractivity contribution in [3.05, 3.63) is 64.9 Å². The van der Waals surface area contributed by atoms with Crippen molar-refractivity contribution in [1.29, 1.82) is 0 Å². The Labute approximate surface area is 159 Å². The summed E-state index contributed by atoms with van der Waals surface area (Å²) in [6.45, 7) is 2.55. The number of urea groups is 1. The van der Waals surface area contributed by atoms with E-state index in [4.69, 9.17) is 16.3 Å². The number of rotatable bonds is 6. The van der Waals surface area contributed by atoms with E-state index in [1.54, 1.807) is 6.20 Å². The number of likely N-dealkylation sites (tertiary alicyclic amines) is 1. The Morgan fingerprint density at radius 1 is 1.27 bits per heavy atom. The number of amides is 2. The van der Waals surface area contributed by atoms with Crippen LogP contribution in [0.5, 0.6) is 0 Å². The lowest BCUT2D eigenvalue weighted by Gasteiger charge is -2.32. The molecular weight excluding hydrogens is 350 g/mol. The van der Waals surface area contributed by atoms with Crippen molar-refractivity contribution >= 4 is 17.6 Å². The number of hydrogen-bond donors (Lipinski definition) is 1. The molecule has 138 valence electrons. The van der Waals surface area contributed by atoms with Gasteiger partial charge in [-0.1, -0.05) is 29.8 Å². The van der Waals surface area contributed by atoms with E-state index in [1.807, 2.05) is 47.5 Å². The van der Waals surface area contributed by atoms with Gasteiger partial charge >= 0.3 is 6.03 Å². The molecule has 1 aromatic heterocycles. The van der Waals surface area contributed by atoms with E-state index in [0.717, 1.165) is 42.0 Å². The SMILES string of the molecule is O=C(NCCc1ccc(Cl)cc1)N1CCC[C@H](OCc2cccnc2)C1. The smallest absolute Gasteiger partial charge is 0.317 e. The summed E-state index contributed by atoms with van der Waals surface area (Å²) < 4.78 is 5.96. The molecule has 1 aliphatic heterocycles. The third-order valence-electron chi connectivity index (χ3n) is 4.48. The van der Waals surface area contributed by atoms with Crippen LogP contribution in [0.3, 0.4) is 0 Å². The number of nitrogens with one attached hydrogen (secondary N) is 1. The van der Waals surface area contributed by atoms with E-state index in [0.29, 0.717) is 19.7 Å². The lowest BCUT2D eigenvalue weighted by atomic mass is 10.1. The molecule has 2 heterocycles. The van der Waals surface area contributed by atoms with Crippen LogP contribution in [-0.2, 0) is 17.8 Å². The zero-order valence-electron chi connectivity index (χ0n) is 14.7. The van der Waals surface area contributed by atoms with Gasteiger partial charge in [0.2, 0.25) is 0 Å². The molecule has 3 rings (SSSR count).